The standard InChI is InChI=1S/C16H23N3O4S/c1-10(2)14-17-12(9-24-14)15(21)18(3)8-13(20)19-6-4-11(5-7-19)16(22)23/h9-11H,4-8H2,1-3H3,(H,22,23). The maximum absolute atomic E-state index is 12.4. The summed E-state index contributed by atoms with van der Waals surface area (Å²) in [5.41, 5.74) is 0.364. The second kappa shape index (κ2) is 7.74. The van der Waals surface area contributed by atoms with Gasteiger partial charge >= 0.3 is 5.97 Å². The monoisotopic (exact) mass is 353 g/mol. The Labute approximate surface area is 145 Å². The van der Waals surface area contributed by atoms with Crippen LogP contribution in [0.2, 0.25) is 0 Å². The Morgan fingerprint density at radius 3 is 2.50 bits per heavy atom. The number of aromatic nitrogens is 1. The Balaban J connectivity index is 1.89. The van der Waals surface area contributed by atoms with Gasteiger partial charge in [0.15, 0.2) is 0 Å². The van der Waals surface area contributed by atoms with Gasteiger partial charge in [0, 0.05) is 31.4 Å². The number of likely N-dealkylation sites (tertiary alicyclic amines) is 1. The van der Waals surface area contributed by atoms with Gasteiger partial charge in [-0.15, -0.1) is 11.3 Å². The molecule has 132 valence electrons. The summed E-state index contributed by atoms with van der Waals surface area (Å²) < 4.78 is 0. The van der Waals surface area contributed by atoms with Crippen molar-refractivity contribution >= 4 is 29.1 Å². The molecule has 0 saturated carbocycles. The molecule has 1 aliphatic heterocycles. The lowest BCUT2D eigenvalue weighted by atomic mass is 9.97. The number of hydrogen-bond acceptors (Lipinski definition) is 5. The van der Waals surface area contributed by atoms with Crippen LogP contribution in [0.15, 0.2) is 5.38 Å². The van der Waals surface area contributed by atoms with Crippen molar-refractivity contribution in [1.82, 2.24) is 14.8 Å². The average Bonchev–Trinajstić information content (AvgIpc) is 3.04. The lowest BCUT2D eigenvalue weighted by Gasteiger charge is -2.31. The molecule has 1 fully saturated rings. The summed E-state index contributed by atoms with van der Waals surface area (Å²) >= 11 is 1.44. The van der Waals surface area contributed by atoms with Crippen molar-refractivity contribution < 1.29 is 19.5 Å². The van der Waals surface area contributed by atoms with E-state index in [4.69, 9.17) is 5.11 Å². The number of carbonyl (C=O) groups excluding carboxylic acids is 2. The highest BCUT2D eigenvalue weighted by molar-refractivity contribution is 7.09. The summed E-state index contributed by atoms with van der Waals surface area (Å²) in [5.74, 6) is -1.35. The number of carbonyl (C=O) groups is 3. The van der Waals surface area contributed by atoms with Crippen molar-refractivity contribution in [3.8, 4) is 0 Å². The molecule has 2 rings (SSSR count). The smallest absolute Gasteiger partial charge is 0.306 e. The first-order valence-corrected chi connectivity index (χ1v) is 8.89. The Morgan fingerprint density at radius 2 is 2.00 bits per heavy atom. The molecule has 1 saturated heterocycles. The van der Waals surface area contributed by atoms with Gasteiger partial charge in [0.25, 0.3) is 5.91 Å². The zero-order valence-electron chi connectivity index (χ0n) is 14.2. The van der Waals surface area contributed by atoms with Crippen molar-refractivity contribution in [1.29, 1.82) is 0 Å². The minimum Gasteiger partial charge on any atom is -0.481 e. The molecule has 24 heavy (non-hydrogen) atoms. The molecule has 0 aromatic carbocycles. The first-order chi connectivity index (χ1) is 11.3. The number of amides is 2. The Kier molecular flexibility index (Phi) is 5.93. The molecule has 0 radical (unpaired) electrons. The first kappa shape index (κ1) is 18.4. The fraction of sp³-hybridized carbons (Fsp3) is 0.625. The number of likely N-dealkylation sites (N-methyl/N-ethyl adjacent to an activating group) is 1. The van der Waals surface area contributed by atoms with Crippen molar-refractivity contribution in [2.45, 2.75) is 32.6 Å². The number of rotatable bonds is 5. The molecule has 8 heteroatoms. The zero-order valence-corrected chi connectivity index (χ0v) is 15.0. The second-order valence-electron chi connectivity index (χ2n) is 6.38. The van der Waals surface area contributed by atoms with Crippen molar-refractivity contribution in [2.75, 3.05) is 26.7 Å². The van der Waals surface area contributed by atoms with Gasteiger partial charge in [-0.2, -0.15) is 0 Å². The molecule has 1 N–H and O–H groups in total. The van der Waals surface area contributed by atoms with Gasteiger partial charge in [0.1, 0.15) is 5.69 Å². The van der Waals surface area contributed by atoms with E-state index in [1.807, 2.05) is 13.8 Å². The van der Waals surface area contributed by atoms with E-state index in [1.54, 1.807) is 17.3 Å². The Bertz CT molecular complexity index is 621. The third kappa shape index (κ3) is 4.31. The molecule has 7 nitrogen and oxygen atoms in total. The van der Waals surface area contributed by atoms with E-state index in [9.17, 15) is 14.4 Å². The minimum absolute atomic E-state index is 0.0227. The normalized spacial score (nSPS) is 15.6. The number of carboxylic acid groups (broad SMARTS) is 1. The summed E-state index contributed by atoms with van der Waals surface area (Å²) in [6.07, 6.45) is 0.922. The van der Waals surface area contributed by atoms with E-state index >= 15 is 0 Å². The SMILES string of the molecule is CC(C)c1nc(C(=O)N(C)CC(=O)N2CCC(C(=O)O)CC2)cs1. The van der Waals surface area contributed by atoms with Crippen LogP contribution in [0.1, 0.15) is 48.1 Å². The van der Waals surface area contributed by atoms with E-state index < -0.39 is 5.97 Å². The second-order valence-corrected chi connectivity index (χ2v) is 7.27. The fourth-order valence-corrected chi connectivity index (χ4v) is 3.41. The van der Waals surface area contributed by atoms with E-state index in [1.165, 1.54) is 16.2 Å². The van der Waals surface area contributed by atoms with Crippen LogP contribution in [0.25, 0.3) is 0 Å². The predicted octanol–water partition coefficient (Wildman–Crippen LogP) is 1.66. The van der Waals surface area contributed by atoms with Crippen LogP contribution in [0, 0.1) is 5.92 Å². The van der Waals surface area contributed by atoms with Gasteiger partial charge in [0.2, 0.25) is 5.91 Å². The summed E-state index contributed by atoms with van der Waals surface area (Å²) in [4.78, 5) is 42.9. The minimum atomic E-state index is -0.807. The van der Waals surface area contributed by atoms with Crippen LogP contribution in [-0.2, 0) is 9.59 Å². The van der Waals surface area contributed by atoms with Crippen LogP contribution in [0.4, 0.5) is 0 Å². The number of carboxylic acids is 1. The molecule has 1 aromatic heterocycles. The highest BCUT2D eigenvalue weighted by atomic mass is 32.1. The van der Waals surface area contributed by atoms with Crippen LogP contribution >= 0.6 is 11.3 Å². The number of piperidine rings is 1. The molecular weight excluding hydrogens is 330 g/mol. The average molecular weight is 353 g/mol. The number of nitrogens with zero attached hydrogens (tertiary/aromatic N) is 3. The molecule has 1 aromatic rings. The molecule has 1 aliphatic rings. The van der Waals surface area contributed by atoms with Crippen LogP contribution < -0.4 is 0 Å². The van der Waals surface area contributed by atoms with Crippen LogP contribution in [-0.4, -0.2) is 64.4 Å². The number of aliphatic carboxylic acids is 1. The van der Waals surface area contributed by atoms with Gasteiger partial charge in [-0.05, 0) is 12.8 Å². The fourth-order valence-electron chi connectivity index (χ4n) is 2.60. The molecular formula is C16H23N3O4S. The van der Waals surface area contributed by atoms with Gasteiger partial charge in [-0.1, -0.05) is 13.8 Å². The Hall–Kier alpha value is -1.96. The van der Waals surface area contributed by atoms with E-state index in [-0.39, 0.29) is 30.2 Å². The summed E-state index contributed by atoms with van der Waals surface area (Å²) in [6.45, 7) is 4.85. The summed E-state index contributed by atoms with van der Waals surface area (Å²) in [7, 11) is 1.58. The topological polar surface area (TPSA) is 90.8 Å². The largest absolute Gasteiger partial charge is 0.481 e. The first-order valence-electron chi connectivity index (χ1n) is 8.01. The van der Waals surface area contributed by atoms with Crippen molar-refractivity contribution in [2.24, 2.45) is 5.92 Å². The molecule has 0 spiro atoms. The number of thiazole rings is 1. The van der Waals surface area contributed by atoms with Crippen molar-refractivity contribution in [3.05, 3.63) is 16.1 Å². The Morgan fingerprint density at radius 1 is 1.38 bits per heavy atom. The molecule has 0 atom stereocenters. The van der Waals surface area contributed by atoms with Gasteiger partial charge in [0.05, 0.1) is 17.5 Å². The van der Waals surface area contributed by atoms with E-state index in [2.05, 4.69) is 4.98 Å². The summed E-state index contributed by atoms with van der Waals surface area (Å²) in [6, 6.07) is 0. The van der Waals surface area contributed by atoms with E-state index in [0.717, 1.165) is 5.01 Å². The molecule has 2 heterocycles. The highest BCUT2D eigenvalue weighted by Crippen LogP contribution is 2.20. The maximum Gasteiger partial charge on any atom is 0.306 e. The summed E-state index contributed by atoms with van der Waals surface area (Å²) in [5, 5.41) is 11.6. The molecule has 2 amide bonds. The van der Waals surface area contributed by atoms with Crippen LogP contribution in [0.3, 0.4) is 0 Å². The zero-order chi connectivity index (χ0) is 17.9. The van der Waals surface area contributed by atoms with Gasteiger partial charge in [-0.25, -0.2) is 4.98 Å². The lowest BCUT2D eigenvalue weighted by molar-refractivity contribution is -0.145. The van der Waals surface area contributed by atoms with Crippen molar-refractivity contribution in [3.63, 3.8) is 0 Å². The van der Waals surface area contributed by atoms with Crippen LogP contribution in [0.5, 0.6) is 0 Å². The highest BCUT2D eigenvalue weighted by Gasteiger charge is 2.28. The third-order valence-corrected chi connectivity index (χ3v) is 5.30. The van der Waals surface area contributed by atoms with Gasteiger partial charge in [-0.3, -0.25) is 14.4 Å². The maximum atomic E-state index is 12.4. The molecule has 0 aliphatic carbocycles. The quantitative estimate of drug-likeness (QED) is 0.869. The predicted molar refractivity (Wildman–Crippen MR) is 90.1 cm³/mol. The van der Waals surface area contributed by atoms with E-state index in [0.29, 0.717) is 31.6 Å². The number of hydrogen-bond donors (Lipinski definition) is 1. The lowest BCUT2D eigenvalue weighted by Crippen LogP contribution is -2.45. The molecule has 0 unspecified atom stereocenters. The van der Waals surface area contributed by atoms with Gasteiger partial charge < -0.3 is 14.9 Å². The third-order valence-electron chi connectivity index (χ3n) is 4.15. The molecule has 0 bridgehead atoms.